The van der Waals surface area contributed by atoms with Gasteiger partial charge in [0.2, 0.25) is 0 Å². The zero-order chi connectivity index (χ0) is 19.6. The van der Waals surface area contributed by atoms with Gasteiger partial charge in [0.05, 0.1) is 25.9 Å². The Balaban J connectivity index is 2.15. The van der Waals surface area contributed by atoms with Gasteiger partial charge < -0.3 is 24.2 Å². The number of hydrogen-bond donors (Lipinski definition) is 1. The van der Waals surface area contributed by atoms with Crippen LogP contribution in [-0.4, -0.2) is 74.7 Å². The van der Waals surface area contributed by atoms with E-state index in [2.05, 4.69) is 11.8 Å². The largest absolute Gasteiger partial charge is 0.481 e. The number of rotatable bonds is 18. The third-order valence-electron chi connectivity index (χ3n) is 4.87. The fourth-order valence-electron chi connectivity index (χ4n) is 3.31. The molecule has 27 heavy (non-hydrogen) atoms. The molecule has 1 fully saturated rings. The number of piperidine rings is 1. The summed E-state index contributed by atoms with van der Waals surface area (Å²) in [6.45, 7) is 8.44. The molecule has 6 heteroatoms. The predicted molar refractivity (Wildman–Crippen MR) is 107 cm³/mol. The summed E-state index contributed by atoms with van der Waals surface area (Å²) in [6, 6.07) is 0. The lowest BCUT2D eigenvalue weighted by molar-refractivity contribution is -0.137. The van der Waals surface area contributed by atoms with Crippen LogP contribution in [0.3, 0.4) is 0 Å². The third-order valence-corrected chi connectivity index (χ3v) is 4.87. The van der Waals surface area contributed by atoms with Crippen LogP contribution in [0.4, 0.5) is 0 Å². The number of nitrogens with zero attached hydrogens (tertiary/aromatic N) is 1. The quantitative estimate of drug-likeness (QED) is 0.362. The van der Waals surface area contributed by atoms with Gasteiger partial charge in [-0.1, -0.05) is 39.0 Å². The molecule has 1 N–H and O–H groups in total. The number of carboxylic acid groups (broad SMARTS) is 1. The predicted octanol–water partition coefficient (Wildman–Crippen LogP) is 3.73. The Morgan fingerprint density at radius 2 is 1.67 bits per heavy atom. The maximum absolute atomic E-state index is 10.5. The van der Waals surface area contributed by atoms with Crippen LogP contribution in [0.1, 0.15) is 71.1 Å². The van der Waals surface area contributed by atoms with Crippen molar-refractivity contribution in [1.29, 1.82) is 0 Å². The molecule has 0 aliphatic carbocycles. The minimum atomic E-state index is -0.775. The van der Waals surface area contributed by atoms with E-state index >= 15 is 0 Å². The number of ether oxygens (including phenoxy) is 3. The van der Waals surface area contributed by atoms with E-state index in [1.165, 1.54) is 44.9 Å². The molecule has 0 bridgehead atoms. The lowest BCUT2D eigenvalue weighted by atomic mass is 10.1. The van der Waals surface area contributed by atoms with Crippen LogP contribution < -0.4 is 0 Å². The number of unbranched alkanes of at least 4 members (excludes halogenated alkanes) is 4. The molecule has 0 aromatic rings. The summed E-state index contributed by atoms with van der Waals surface area (Å²) in [4.78, 5) is 12.9. The molecule has 1 atom stereocenters. The van der Waals surface area contributed by atoms with Crippen molar-refractivity contribution in [1.82, 2.24) is 4.90 Å². The summed E-state index contributed by atoms with van der Waals surface area (Å²) in [7, 11) is 0. The second kappa shape index (κ2) is 17.4. The molecule has 0 spiro atoms. The van der Waals surface area contributed by atoms with Crippen LogP contribution in [0, 0.1) is 0 Å². The topological polar surface area (TPSA) is 68.2 Å². The first-order chi connectivity index (χ1) is 13.2. The SMILES string of the molecule is CCCCCCCOCC(CN1CCCCC1)OCCOCCCC(=O)O. The summed E-state index contributed by atoms with van der Waals surface area (Å²) < 4.78 is 17.4. The average Bonchev–Trinajstić information content (AvgIpc) is 2.66. The van der Waals surface area contributed by atoms with E-state index in [-0.39, 0.29) is 12.5 Å². The summed E-state index contributed by atoms with van der Waals surface area (Å²) in [5, 5.41) is 8.61. The van der Waals surface area contributed by atoms with Crippen LogP contribution in [0.5, 0.6) is 0 Å². The van der Waals surface area contributed by atoms with E-state index in [9.17, 15) is 4.79 Å². The number of aliphatic carboxylic acids is 1. The molecule has 0 aromatic heterocycles. The monoisotopic (exact) mass is 387 g/mol. The summed E-state index contributed by atoms with van der Waals surface area (Å²) in [5.41, 5.74) is 0. The molecule has 1 heterocycles. The zero-order valence-electron chi connectivity index (χ0n) is 17.3. The molecular formula is C21H41NO5. The van der Waals surface area contributed by atoms with Crippen molar-refractivity contribution in [2.45, 2.75) is 77.2 Å². The first-order valence-corrected chi connectivity index (χ1v) is 10.9. The van der Waals surface area contributed by atoms with Gasteiger partial charge in [-0.05, 0) is 38.8 Å². The minimum absolute atomic E-state index is 0.0846. The van der Waals surface area contributed by atoms with Gasteiger partial charge in [0, 0.05) is 26.2 Å². The Hall–Kier alpha value is -0.690. The number of hydrogen-bond acceptors (Lipinski definition) is 5. The highest BCUT2D eigenvalue weighted by Gasteiger charge is 2.17. The number of likely N-dealkylation sites (tertiary alicyclic amines) is 1. The van der Waals surface area contributed by atoms with Gasteiger partial charge in [0.25, 0.3) is 0 Å². The summed E-state index contributed by atoms with van der Waals surface area (Å²) in [6.07, 6.45) is 10.9. The maximum Gasteiger partial charge on any atom is 0.303 e. The Morgan fingerprint density at radius 3 is 2.41 bits per heavy atom. The normalized spacial score (nSPS) is 16.5. The number of carboxylic acids is 1. The summed E-state index contributed by atoms with van der Waals surface area (Å²) >= 11 is 0. The lowest BCUT2D eigenvalue weighted by Gasteiger charge is -2.30. The minimum Gasteiger partial charge on any atom is -0.481 e. The first-order valence-electron chi connectivity index (χ1n) is 10.9. The van der Waals surface area contributed by atoms with E-state index in [1.54, 1.807) is 0 Å². The van der Waals surface area contributed by atoms with E-state index in [4.69, 9.17) is 19.3 Å². The van der Waals surface area contributed by atoms with Gasteiger partial charge in [-0.25, -0.2) is 0 Å². The van der Waals surface area contributed by atoms with Crippen LogP contribution in [0.2, 0.25) is 0 Å². The van der Waals surface area contributed by atoms with Gasteiger partial charge >= 0.3 is 5.97 Å². The fraction of sp³-hybridized carbons (Fsp3) is 0.952. The van der Waals surface area contributed by atoms with Gasteiger partial charge in [0.15, 0.2) is 0 Å². The molecule has 1 unspecified atom stereocenters. The molecule has 0 amide bonds. The van der Waals surface area contributed by atoms with Crippen molar-refractivity contribution in [2.24, 2.45) is 0 Å². The Morgan fingerprint density at radius 1 is 0.926 bits per heavy atom. The van der Waals surface area contributed by atoms with Gasteiger partial charge in [-0.3, -0.25) is 4.79 Å². The molecule has 6 nitrogen and oxygen atoms in total. The molecule has 1 rings (SSSR count). The van der Waals surface area contributed by atoms with Gasteiger partial charge in [0.1, 0.15) is 0 Å². The van der Waals surface area contributed by atoms with Gasteiger partial charge in [-0.15, -0.1) is 0 Å². The van der Waals surface area contributed by atoms with E-state index in [0.717, 1.165) is 32.7 Å². The van der Waals surface area contributed by atoms with Crippen molar-refractivity contribution < 1.29 is 24.1 Å². The van der Waals surface area contributed by atoms with Crippen molar-refractivity contribution >= 4 is 5.97 Å². The van der Waals surface area contributed by atoms with E-state index in [1.807, 2.05) is 0 Å². The highest BCUT2D eigenvalue weighted by Crippen LogP contribution is 2.11. The molecule has 0 aromatic carbocycles. The smallest absolute Gasteiger partial charge is 0.303 e. The Bertz CT molecular complexity index is 347. The fourth-order valence-corrected chi connectivity index (χ4v) is 3.31. The Kier molecular flexibility index (Phi) is 15.7. The molecular weight excluding hydrogens is 346 g/mol. The second-order valence-corrected chi connectivity index (χ2v) is 7.45. The molecule has 1 saturated heterocycles. The number of carbonyl (C=O) groups is 1. The van der Waals surface area contributed by atoms with Crippen molar-refractivity contribution in [3.63, 3.8) is 0 Å². The first kappa shape index (κ1) is 24.3. The van der Waals surface area contributed by atoms with E-state index < -0.39 is 5.97 Å². The van der Waals surface area contributed by atoms with Crippen molar-refractivity contribution in [3.8, 4) is 0 Å². The van der Waals surface area contributed by atoms with Crippen LogP contribution >= 0.6 is 0 Å². The van der Waals surface area contributed by atoms with Gasteiger partial charge in [-0.2, -0.15) is 0 Å². The highest BCUT2D eigenvalue weighted by molar-refractivity contribution is 5.66. The lowest BCUT2D eigenvalue weighted by Crippen LogP contribution is -2.40. The highest BCUT2D eigenvalue weighted by atomic mass is 16.5. The zero-order valence-corrected chi connectivity index (χ0v) is 17.3. The standard InChI is InChI=1S/C21H41NO5/c1-2-3-4-5-9-14-26-19-20(18-22-12-7-6-8-13-22)27-17-16-25-15-10-11-21(23)24/h20H,2-19H2,1H3,(H,23,24). The van der Waals surface area contributed by atoms with Crippen LogP contribution in [0.15, 0.2) is 0 Å². The second-order valence-electron chi connectivity index (χ2n) is 7.45. The van der Waals surface area contributed by atoms with E-state index in [0.29, 0.717) is 32.8 Å². The average molecular weight is 388 g/mol. The molecule has 0 saturated carbocycles. The van der Waals surface area contributed by atoms with Crippen molar-refractivity contribution in [3.05, 3.63) is 0 Å². The molecule has 160 valence electrons. The Labute approximate surface area is 165 Å². The molecule has 1 aliphatic heterocycles. The molecule has 0 radical (unpaired) electrons. The maximum atomic E-state index is 10.5. The van der Waals surface area contributed by atoms with Crippen LogP contribution in [0.25, 0.3) is 0 Å². The van der Waals surface area contributed by atoms with Crippen LogP contribution in [-0.2, 0) is 19.0 Å². The van der Waals surface area contributed by atoms with Crippen molar-refractivity contribution in [2.75, 3.05) is 52.7 Å². The molecule has 1 aliphatic rings. The third kappa shape index (κ3) is 15.0. The summed E-state index contributed by atoms with van der Waals surface area (Å²) in [5.74, 6) is -0.775.